The fourth-order valence-electron chi connectivity index (χ4n) is 3.74. The number of hydrogen-bond donors (Lipinski definition) is 0. The maximum absolute atomic E-state index is 13.8. The van der Waals surface area contributed by atoms with Crippen molar-refractivity contribution in [1.82, 2.24) is 4.90 Å². The second kappa shape index (κ2) is 8.00. The molecule has 1 amide bonds. The third-order valence-electron chi connectivity index (χ3n) is 5.34. The zero-order valence-corrected chi connectivity index (χ0v) is 15.5. The van der Waals surface area contributed by atoms with Crippen LogP contribution in [0.1, 0.15) is 28.8 Å². The van der Waals surface area contributed by atoms with Crippen LogP contribution in [0.3, 0.4) is 0 Å². The first kappa shape index (κ1) is 18.5. The van der Waals surface area contributed by atoms with Crippen LogP contribution >= 0.6 is 0 Å². The lowest BCUT2D eigenvalue weighted by Crippen LogP contribution is -2.41. The number of benzene rings is 2. The number of amides is 1. The molecule has 2 aliphatic heterocycles. The highest BCUT2D eigenvalue weighted by atomic mass is 19.1. The maximum atomic E-state index is 13.8. The first-order chi connectivity index (χ1) is 13.6. The quantitative estimate of drug-likeness (QED) is 0.761. The average molecular weight is 383 g/mol. The molecule has 0 aliphatic carbocycles. The van der Waals surface area contributed by atoms with Crippen LogP contribution in [0, 0.1) is 11.7 Å². The van der Waals surface area contributed by atoms with E-state index in [9.17, 15) is 14.0 Å². The molecule has 1 fully saturated rings. The molecule has 4 rings (SSSR count). The largest absolute Gasteiger partial charge is 0.486 e. The molecule has 6 heteroatoms. The highest BCUT2D eigenvalue weighted by molar-refractivity contribution is 5.98. The summed E-state index contributed by atoms with van der Waals surface area (Å²) in [4.78, 5) is 27.0. The smallest absolute Gasteiger partial charge is 0.227 e. The number of hydrogen-bond acceptors (Lipinski definition) is 4. The van der Waals surface area contributed by atoms with Gasteiger partial charge in [-0.05, 0) is 42.7 Å². The number of nitrogens with zero attached hydrogens (tertiary/aromatic N) is 1. The molecule has 146 valence electrons. The Bertz CT molecular complexity index is 890. The number of ether oxygens (including phenoxy) is 2. The van der Waals surface area contributed by atoms with Gasteiger partial charge in [-0.2, -0.15) is 0 Å². The lowest BCUT2D eigenvalue weighted by molar-refractivity contribution is -0.131. The third kappa shape index (κ3) is 3.86. The predicted octanol–water partition coefficient (Wildman–Crippen LogP) is 3.26. The standard InChI is InChI=1S/C22H22FNO4/c23-18-4-2-1-3-16(18)14-21(25)24-9-7-15(8-10-24)22(26)17-5-6-19-20(13-17)28-12-11-27-19/h1-6,13,15H,7-12,14H2. The zero-order valence-electron chi connectivity index (χ0n) is 15.5. The molecular formula is C22H22FNO4. The minimum atomic E-state index is -0.362. The number of piperidine rings is 1. The number of halogens is 1. The molecule has 0 saturated carbocycles. The molecule has 0 radical (unpaired) electrons. The fourth-order valence-corrected chi connectivity index (χ4v) is 3.74. The van der Waals surface area contributed by atoms with E-state index < -0.39 is 0 Å². The van der Waals surface area contributed by atoms with Crippen molar-refractivity contribution in [2.24, 2.45) is 5.92 Å². The van der Waals surface area contributed by atoms with Gasteiger partial charge in [-0.15, -0.1) is 0 Å². The van der Waals surface area contributed by atoms with Crippen molar-refractivity contribution < 1.29 is 23.5 Å². The molecule has 0 bridgehead atoms. The van der Waals surface area contributed by atoms with Crippen LogP contribution in [0.2, 0.25) is 0 Å². The van der Waals surface area contributed by atoms with Crippen LogP contribution in [0.5, 0.6) is 11.5 Å². The normalized spacial score (nSPS) is 16.7. The Kier molecular flexibility index (Phi) is 5.28. The second-order valence-electron chi connectivity index (χ2n) is 7.15. The molecular weight excluding hydrogens is 361 g/mol. The fraction of sp³-hybridized carbons (Fsp3) is 0.364. The average Bonchev–Trinajstić information content (AvgIpc) is 2.74. The summed E-state index contributed by atoms with van der Waals surface area (Å²) in [6, 6.07) is 11.6. The Morgan fingerprint density at radius 2 is 1.71 bits per heavy atom. The van der Waals surface area contributed by atoms with Gasteiger partial charge >= 0.3 is 0 Å². The Morgan fingerprint density at radius 3 is 2.46 bits per heavy atom. The SMILES string of the molecule is O=C(c1ccc2c(c1)OCCO2)C1CCN(C(=O)Cc2ccccc2F)CC1. The molecule has 1 saturated heterocycles. The molecule has 0 spiro atoms. The third-order valence-corrected chi connectivity index (χ3v) is 5.34. The van der Waals surface area contributed by atoms with Gasteiger partial charge in [-0.25, -0.2) is 4.39 Å². The number of ketones is 1. The molecule has 5 nitrogen and oxygen atoms in total. The van der Waals surface area contributed by atoms with Crippen molar-refractivity contribution in [1.29, 1.82) is 0 Å². The zero-order chi connectivity index (χ0) is 19.5. The van der Waals surface area contributed by atoms with Crippen molar-refractivity contribution in [3.63, 3.8) is 0 Å². The lowest BCUT2D eigenvalue weighted by Gasteiger charge is -2.31. The van der Waals surface area contributed by atoms with Crippen LogP contribution in [0.4, 0.5) is 4.39 Å². The van der Waals surface area contributed by atoms with Crippen LogP contribution in [-0.2, 0) is 11.2 Å². The number of carbonyl (C=O) groups is 2. The van der Waals surface area contributed by atoms with Crippen LogP contribution in [0.15, 0.2) is 42.5 Å². The Hall–Kier alpha value is -2.89. The van der Waals surface area contributed by atoms with E-state index in [-0.39, 0.29) is 29.8 Å². The molecule has 0 aromatic heterocycles. The Balaban J connectivity index is 1.35. The number of likely N-dealkylation sites (tertiary alicyclic amines) is 1. The van der Waals surface area contributed by atoms with E-state index in [1.54, 1.807) is 41.3 Å². The van der Waals surface area contributed by atoms with Gasteiger partial charge in [0.2, 0.25) is 5.91 Å². The molecule has 0 N–H and O–H groups in total. The number of rotatable bonds is 4. The van der Waals surface area contributed by atoms with E-state index in [0.717, 1.165) is 0 Å². The first-order valence-corrected chi connectivity index (χ1v) is 9.57. The summed E-state index contributed by atoms with van der Waals surface area (Å²) in [5, 5.41) is 0. The monoisotopic (exact) mass is 383 g/mol. The van der Waals surface area contributed by atoms with Crippen molar-refractivity contribution in [3.05, 3.63) is 59.4 Å². The minimum absolute atomic E-state index is 0.0491. The maximum Gasteiger partial charge on any atom is 0.227 e. The van der Waals surface area contributed by atoms with Crippen molar-refractivity contribution in [3.8, 4) is 11.5 Å². The van der Waals surface area contributed by atoms with Gasteiger partial charge in [0.05, 0.1) is 6.42 Å². The van der Waals surface area contributed by atoms with Crippen LogP contribution < -0.4 is 9.47 Å². The van der Waals surface area contributed by atoms with Gasteiger partial charge in [-0.1, -0.05) is 18.2 Å². The van der Waals surface area contributed by atoms with E-state index in [2.05, 4.69) is 0 Å². The van der Waals surface area contributed by atoms with Crippen molar-refractivity contribution >= 4 is 11.7 Å². The molecule has 0 atom stereocenters. The van der Waals surface area contributed by atoms with E-state index in [4.69, 9.17) is 9.47 Å². The van der Waals surface area contributed by atoms with Gasteiger partial charge < -0.3 is 14.4 Å². The predicted molar refractivity (Wildman–Crippen MR) is 101 cm³/mol. The molecule has 2 aliphatic rings. The first-order valence-electron chi connectivity index (χ1n) is 9.57. The van der Waals surface area contributed by atoms with E-state index in [1.807, 2.05) is 0 Å². The van der Waals surface area contributed by atoms with E-state index in [0.29, 0.717) is 61.8 Å². The molecule has 2 heterocycles. The highest BCUT2D eigenvalue weighted by Gasteiger charge is 2.29. The summed E-state index contributed by atoms with van der Waals surface area (Å²) < 4.78 is 24.8. The van der Waals surface area contributed by atoms with Crippen LogP contribution in [0.25, 0.3) is 0 Å². The van der Waals surface area contributed by atoms with E-state index in [1.165, 1.54) is 6.07 Å². The molecule has 0 unspecified atom stereocenters. The summed E-state index contributed by atoms with van der Waals surface area (Å²) >= 11 is 0. The molecule has 28 heavy (non-hydrogen) atoms. The minimum Gasteiger partial charge on any atom is -0.486 e. The van der Waals surface area contributed by atoms with Gasteiger partial charge in [-0.3, -0.25) is 9.59 Å². The summed E-state index contributed by atoms with van der Waals surface area (Å²) in [5.41, 5.74) is 1.02. The molecule has 2 aromatic carbocycles. The van der Waals surface area contributed by atoms with Gasteiger partial charge in [0, 0.05) is 24.6 Å². The van der Waals surface area contributed by atoms with Gasteiger partial charge in [0.15, 0.2) is 17.3 Å². The summed E-state index contributed by atoms with van der Waals surface area (Å²) in [7, 11) is 0. The van der Waals surface area contributed by atoms with E-state index >= 15 is 0 Å². The van der Waals surface area contributed by atoms with Gasteiger partial charge in [0.25, 0.3) is 0 Å². The number of carbonyl (C=O) groups excluding carboxylic acids is 2. The van der Waals surface area contributed by atoms with Crippen molar-refractivity contribution in [2.75, 3.05) is 26.3 Å². The number of Topliss-reactive ketones (excluding diaryl/α,β-unsaturated/α-hetero) is 1. The highest BCUT2D eigenvalue weighted by Crippen LogP contribution is 2.32. The van der Waals surface area contributed by atoms with Gasteiger partial charge in [0.1, 0.15) is 19.0 Å². The Labute approximate surface area is 163 Å². The number of fused-ring (bicyclic) bond motifs is 1. The second-order valence-corrected chi connectivity index (χ2v) is 7.15. The topological polar surface area (TPSA) is 55.8 Å². The lowest BCUT2D eigenvalue weighted by atomic mass is 9.88. The van der Waals surface area contributed by atoms with Crippen molar-refractivity contribution in [2.45, 2.75) is 19.3 Å². The molecule has 2 aromatic rings. The summed E-state index contributed by atoms with van der Waals surface area (Å²) in [5.74, 6) is 0.749. The van der Waals surface area contributed by atoms with Crippen LogP contribution in [-0.4, -0.2) is 42.9 Å². The Morgan fingerprint density at radius 1 is 1.00 bits per heavy atom. The summed E-state index contributed by atoms with van der Waals surface area (Å²) in [6.45, 7) is 2.01. The summed E-state index contributed by atoms with van der Waals surface area (Å²) in [6.07, 6.45) is 1.26.